The predicted octanol–water partition coefficient (Wildman–Crippen LogP) is 2.86. The van der Waals surface area contributed by atoms with Crippen LogP contribution in [0.15, 0.2) is 39.7 Å². The maximum Gasteiger partial charge on any atom is 0.420 e. The van der Waals surface area contributed by atoms with Crippen molar-refractivity contribution >= 4 is 17.0 Å². The highest BCUT2D eigenvalue weighted by molar-refractivity contribution is 5.86. The Balaban J connectivity index is 2.26. The second-order valence-electron chi connectivity index (χ2n) is 6.79. The van der Waals surface area contributed by atoms with Crippen molar-refractivity contribution in [2.75, 3.05) is 0 Å². The molecule has 1 amide bonds. The molecule has 1 aromatic heterocycles. The van der Waals surface area contributed by atoms with Gasteiger partial charge in [0.15, 0.2) is 5.58 Å². The molecule has 1 saturated heterocycles. The molecule has 1 aliphatic heterocycles. The number of amides is 1. The number of rotatable bonds is 1. The van der Waals surface area contributed by atoms with Gasteiger partial charge >= 0.3 is 5.76 Å². The van der Waals surface area contributed by atoms with E-state index in [4.69, 9.17) is 4.42 Å². The lowest BCUT2D eigenvalue weighted by molar-refractivity contribution is -0.124. The molecule has 2 aromatic rings. The first-order chi connectivity index (χ1) is 10.3. The molecule has 1 aromatic carbocycles. The lowest BCUT2D eigenvalue weighted by Crippen LogP contribution is -2.39. The van der Waals surface area contributed by atoms with Crippen molar-refractivity contribution in [2.24, 2.45) is 0 Å². The van der Waals surface area contributed by atoms with Crippen LogP contribution < -0.4 is 11.1 Å². The van der Waals surface area contributed by atoms with Crippen molar-refractivity contribution in [1.82, 2.24) is 9.88 Å². The number of para-hydroxylation sites is 1. The monoisotopic (exact) mass is 300 g/mol. The number of carbonyl (C=O) groups is 1. The molecular formula is C17H20N2O3. The Labute approximate surface area is 128 Å². The molecule has 3 rings (SSSR count). The van der Waals surface area contributed by atoms with E-state index >= 15 is 0 Å². The van der Waals surface area contributed by atoms with E-state index in [2.05, 4.69) is 32.7 Å². The van der Waals surface area contributed by atoms with Crippen LogP contribution in [-0.4, -0.2) is 10.5 Å². The van der Waals surface area contributed by atoms with Gasteiger partial charge in [0.1, 0.15) is 6.04 Å². The molecule has 116 valence electrons. The number of carbonyl (C=O) groups excluding carboxylic acids is 1. The predicted molar refractivity (Wildman–Crippen MR) is 84.7 cm³/mol. The van der Waals surface area contributed by atoms with Gasteiger partial charge in [-0.15, -0.1) is 0 Å². The fraction of sp³-hybridized carbons (Fsp3) is 0.412. The minimum absolute atomic E-state index is 0.160. The van der Waals surface area contributed by atoms with Crippen LogP contribution in [0.2, 0.25) is 0 Å². The first-order valence-corrected chi connectivity index (χ1v) is 7.42. The summed E-state index contributed by atoms with van der Waals surface area (Å²) in [6.45, 7) is 10.0. The van der Waals surface area contributed by atoms with Gasteiger partial charge in [0.25, 0.3) is 0 Å². The van der Waals surface area contributed by atoms with Gasteiger partial charge in [-0.1, -0.05) is 39.5 Å². The Hall–Kier alpha value is -2.30. The highest BCUT2D eigenvalue weighted by Crippen LogP contribution is 2.32. The fourth-order valence-corrected chi connectivity index (χ4v) is 2.98. The summed E-state index contributed by atoms with van der Waals surface area (Å²) < 4.78 is 6.87. The minimum Gasteiger partial charge on any atom is -0.408 e. The number of hydrogen-bond donors (Lipinski definition) is 1. The third-order valence-corrected chi connectivity index (χ3v) is 4.08. The normalized spacial score (nSPS) is 19.5. The van der Waals surface area contributed by atoms with E-state index in [0.29, 0.717) is 29.6 Å². The second-order valence-corrected chi connectivity index (χ2v) is 6.79. The van der Waals surface area contributed by atoms with E-state index in [1.165, 1.54) is 4.57 Å². The molecule has 0 radical (unpaired) electrons. The SMILES string of the molecule is C=C1CCC(n2c(=O)oc3cccc(C(C)(C)C)c32)C(=O)N1. The Kier molecular flexibility index (Phi) is 3.24. The van der Waals surface area contributed by atoms with Crippen molar-refractivity contribution in [1.29, 1.82) is 0 Å². The summed E-state index contributed by atoms with van der Waals surface area (Å²) in [7, 11) is 0. The zero-order chi connectivity index (χ0) is 16.1. The van der Waals surface area contributed by atoms with Gasteiger partial charge in [0.05, 0.1) is 5.52 Å². The number of benzene rings is 1. The molecule has 0 saturated carbocycles. The molecule has 0 aliphatic carbocycles. The molecule has 1 atom stereocenters. The number of allylic oxidation sites excluding steroid dienone is 1. The second kappa shape index (κ2) is 4.87. The summed E-state index contributed by atoms with van der Waals surface area (Å²) >= 11 is 0. The van der Waals surface area contributed by atoms with Crippen molar-refractivity contribution in [3.8, 4) is 0 Å². The van der Waals surface area contributed by atoms with Crippen LogP contribution in [0.5, 0.6) is 0 Å². The van der Waals surface area contributed by atoms with Gasteiger partial charge < -0.3 is 9.73 Å². The molecular weight excluding hydrogens is 280 g/mol. The van der Waals surface area contributed by atoms with Crippen LogP contribution in [-0.2, 0) is 10.2 Å². The summed E-state index contributed by atoms with van der Waals surface area (Å²) in [5.41, 5.74) is 2.76. The molecule has 1 unspecified atom stereocenters. The summed E-state index contributed by atoms with van der Waals surface area (Å²) in [6.07, 6.45) is 1.21. The minimum atomic E-state index is -0.553. The van der Waals surface area contributed by atoms with Crippen LogP contribution in [0, 0.1) is 0 Å². The topological polar surface area (TPSA) is 64.2 Å². The third-order valence-electron chi connectivity index (χ3n) is 4.08. The number of hydrogen-bond acceptors (Lipinski definition) is 3. The average molecular weight is 300 g/mol. The highest BCUT2D eigenvalue weighted by atomic mass is 16.4. The van der Waals surface area contributed by atoms with E-state index in [0.717, 1.165) is 5.56 Å². The van der Waals surface area contributed by atoms with Gasteiger partial charge in [0, 0.05) is 5.70 Å². The lowest BCUT2D eigenvalue weighted by atomic mass is 9.86. The Morgan fingerprint density at radius 2 is 2.05 bits per heavy atom. The van der Waals surface area contributed by atoms with Crippen LogP contribution in [0.4, 0.5) is 0 Å². The van der Waals surface area contributed by atoms with Crippen LogP contribution >= 0.6 is 0 Å². The largest absolute Gasteiger partial charge is 0.420 e. The number of piperidine rings is 1. The standard InChI is InChI=1S/C17H20N2O3/c1-10-8-9-12(15(20)18-10)19-14-11(17(2,3)4)6-5-7-13(14)22-16(19)21/h5-7,12H,1,8-9H2,2-4H3,(H,18,20). The van der Waals surface area contributed by atoms with Crippen LogP contribution in [0.25, 0.3) is 11.1 Å². The molecule has 0 bridgehead atoms. The van der Waals surface area contributed by atoms with E-state index < -0.39 is 11.8 Å². The summed E-state index contributed by atoms with van der Waals surface area (Å²) in [5, 5.41) is 2.73. The number of oxazole rings is 1. The van der Waals surface area contributed by atoms with E-state index in [9.17, 15) is 9.59 Å². The molecule has 22 heavy (non-hydrogen) atoms. The van der Waals surface area contributed by atoms with Gasteiger partial charge in [-0.25, -0.2) is 4.79 Å². The number of aromatic nitrogens is 1. The summed E-state index contributed by atoms with van der Waals surface area (Å²) in [4.78, 5) is 24.6. The zero-order valence-corrected chi connectivity index (χ0v) is 13.1. The zero-order valence-electron chi connectivity index (χ0n) is 13.1. The van der Waals surface area contributed by atoms with E-state index in [-0.39, 0.29) is 11.3 Å². The molecule has 1 aliphatic rings. The van der Waals surface area contributed by atoms with E-state index in [1.54, 1.807) is 6.07 Å². The molecule has 0 spiro atoms. The van der Waals surface area contributed by atoms with Crippen LogP contribution in [0.3, 0.4) is 0 Å². The van der Waals surface area contributed by atoms with Gasteiger partial charge in [-0.05, 0) is 29.9 Å². The van der Waals surface area contributed by atoms with Crippen molar-refractivity contribution < 1.29 is 9.21 Å². The first kappa shape index (κ1) is 14.6. The quantitative estimate of drug-likeness (QED) is 0.880. The maximum atomic E-state index is 12.3. The van der Waals surface area contributed by atoms with Crippen LogP contribution in [0.1, 0.15) is 45.2 Å². The summed E-state index contributed by atoms with van der Waals surface area (Å²) in [6, 6.07) is 5.07. The van der Waals surface area contributed by atoms with Crippen molar-refractivity contribution in [3.63, 3.8) is 0 Å². The number of nitrogens with one attached hydrogen (secondary N) is 1. The fourth-order valence-electron chi connectivity index (χ4n) is 2.98. The molecule has 2 heterocycles. The van der Waals surface area contributed by atoms with E-state index in [1.807, 2.05) is 12.1 Å². The smallest absolute Gasteiger partial charge is 0.408 e. The number of fused-ring (bicyclic) bond motifs is 1. The number of nitrogens with zero attached hydrogens (tertiary/aromatic N) is 1. The van der Waals surface area contributed by atoms with Gasteiger partial charge in [0.2, 0.25) is 5.91 Å². The molecule has 1 fully saturated rings. The maximum absolute atomic E-state index is 12.3. The molecule has 5 nitrogen and oxygen atoms in total. The highest BCUT2D eigenvalue weighted by Gasteiger charge is 2.31. The third kappa shape index (κ3) is 2.26. The van der Waals surface area contributed by atoms with Gasteiger partial charge in [-0.3, -0.25) is 9.36 Å². The molecule has 5 heteroatoms. The van der Waals surface area contributed by atoms with Gasteiger partial charge in [-0.2, -0.15) is 0 Å². The Bertz CT molecular complexity index is 821. The molecule has 1 N–H and O–H groups in total. The van der Waals surface area contributed by atoms with Crippen molar-refractivity contribution in [2.45, 2.75) is 45.1 Å². The summed E-state index contributed by atoms with van der Waals surface area (Å²) in [5.74, 6) is -0.691. The van der Waals surface area contributed by atoms with Crippen molar-refractivity contribution in [3.05, 3.63) is 46.6 Å². The first-order valence-electron chi connectivity index (χ1n) is 7.42. The lowest BCUT2D eigenvalue weighted by Gasteiger charge is -2.26. The average Bonchev–Trinajstić information content (AvgIpc) is 2.73. The Morgan fingerprint density at radius 3 is 2.68 bits per heavy atom. The Morgan fingerprint density at radius 1 is 1.32 bits per heavy atom.